The van der Waals surface area contributed by atoms with E-state index >= 15 is 0 Å². The van der Waals surface area contributed by atoms with Gasteiger partial charge in [-0.25, -0.2) is 0 Å². The molecule has 1 aliphatic heterocycles. The fraction of sp³-hybridized carbons (Fsp3) is 0.333. The standard InChI is InChI=1S/C19H17NO3.C2H6/c1-12-6-8-14(9-7-12)23-17-10-13(17)11-20-18(21)15-4-2-3-5-16(15)19(20)22;1-2/h2-9,13,17H,10-11H2,1H3;1-2H3. The second-order valence-electron chi connectivity index (χ2n) is 6.23. The molecular weight excluding hydrogens is 314 g/mol. The van der Waals surface area contributed by atoms with Crippen molar-refractivity contribution in [3.05, 3.63) is 65.2 Å². The first-order chi connectivity index (χ1) is 12.1. The van der Waals surface area contributed by atoms with Gasteiger partial charge in [0.2, 0.25) is 0 Å². The predicted octanol–water partition coefficient (Wildman–Crippen LogP) is 4.08. The van der Waals surface area contributed by atoms with Crippen LogP contribution in [0.2, 0.25) is 0 Å². The number of hydrogen-bond acceptors (Lipinski definition) is 3. The molecule has 2 aromatic carbocycles. The zero-order chi connectivity index (χ0) is 18.0. The lowest BCUT2D eigenvalue weighted by Gasteiger charge is -2.13. The Morgan fingerprint density at radius 2 is 1.52 bits per heavy atom. The average Bonchev–Trinajstić information content (AvgIpc) is 3.34. The number of aryl methyl sites for hydroxylation is 1. The number of amides is 2. The minimum Gasteiger partial charge on any atom is -0.490 e. The Morgan fingerprint density at radius 3 is 2.08 bits per heavy atom. The summed E-state index contributed by atoms with van der Waals surface area (Å²) in [6, 6.07) is 14.9. The van der Waals surface area contributed by atoms with E-state index in [1.807, 2.05) is 45.0 Å². The SMILES string of the molecule is CC.Cc1ccc(OC2CC2CN2C(=O)c3ccccc3C2=O)cc1. The molecule has 2 amide bonds. The number of nitrogens with zero attached hydrogens (tertiary/aromatic N) is 1. The molecule has 2 aliphatic rings. The topological polar surface area (TPSA) is 46.6 Å². The molecule has 4 nitrogen and oxygen atoms in total. The zero-order valence-corrected chi connectivity index (χ0v) is 14.9. The van der Waals surface area contributed by atoms with Crippen LogP contribution in [0.3, 0.4) is 0 Å². The van der Waals surface area contributed by atoms with Crippen LogP contribution < -0.4 is 4.74 Å². The molecule has 2 atom stereocenters. The summed E-state index contributed by atoms with van der Waals surface area (Å²) >= 11 is 0. The monoisotopic (exact) mass is 337 g/mol. The maximum Gasteiger partial charge on any atom is 0.261 e. The number of carbonyl (C=O) groups excluding carboxylic acids is 2. The number of fused-ring (bicyclic) bond motifs is 1. The highest BCUT2D eigenvalue weighted by molar-refractivity contribution is 6.21. The van der Waals surface area contributed by atoms with Crippen LogP contribution >= 0.6 is 0 Å². The molecule has 0 bridgehead atoms. The van der Waals surface area contributed by atoms with Gasteiger partial charge in [0.1, 0.15) is 11.9 Å². The van der Waals surface area contributed by atoms with Crippen LogP contribution in [0.1, 0.15) is 46.5 Å². The van der Waals surface area contributed by atoms with Gasteiger partial charge in [-0.15, -0.1) is 0 Å². The third-order valence-corrected chi connectivity index (χ3v) is 4.46. The minimum atomic E-state index is -0.188. The molecule has 0 saturated heterocycles. The molecule has 130 valence electrons. The van der Waals surface area contributed by atoms with Crippen molar-refractivity contribution < 1.29 is 14.3 Å². The van der Waals surface area contributed by atoms with E-state index in [4.69, 9.17) is 4.74 Å². The average molecular weight is 337 g/mol. The molecular formula is C21H23NO3. The van der Waals surface area contributed by atoms with Crippen LogP contribution in [0.15, 0.2) is 48.5 Å². The highest BCUT2D eigenvalue weighted by Crippen LogP contribution is 2.37. The van der Waals surface area contributed by atoms with Crippen molar-refractivity contribution in [1.82, 2.24) is 4.90 Å². The highest BCUT2D eigenvalue weighted by atomic mass is 16.5. The number of imide groups is 1. The van der Waals surface area contributed by atoms with Gasteiger partial charge in [-0.1, -0.05) is 43.7 Å². The van der Waals surface area contributed by atoms with Crippen molar-refractivity contribution in [3.8, 4) is 5.75 Å². The third-order valence-electron chi connectivity index (χ3n) is 4.46. The lowest BCUT2D eigenvalue weighted by molar-refractivity contribution is 0.0641. The van der Waals surface area contributed by atoms with Crippen LogP contribution in [-0.4, -0.2) is 29.4 Å². The molecule has 0 aromatic heterocycles. The molecule has 4 heteroatoms. The van der Waals surface area contributed by atoms with Gasteiger partial charge in [0, 0.05) is 12.5 Å². The maximum absolute atomic E-state index is 12.3. The summed E-state index contributed by atoms with van der Waals surface area (Å²) in [7, 11) is 0. The quantitative estimate of drug-likeness (QED) is 0.790. The third kappa shape index (κ3) is 3.43. The Balaban J connectivity index is 0.000000880. The minimum absolute atomic E-state index is 0.0852. The first kappa shape index (κ1) is 17.2. The van der Waals surface area contributed by atoms with E-state index in [1.165, 1.54) is 10.5 Å². The van der Waals surface area contributed by atoms with Gasteiger partial charge in [-0.3, -0.25) is 14.5 Å². The van der Waals surface area contributed by atoms with Crippen LogP contribution in [0.25, 0.3) is 0 Å². The zero-order valence-electron chi connectivity index (χ0n) is 14.9. The second-order valence-corrected chi connectivity index (χ2v) is 6.23. The van der Waals surface area contributed by atoms with E-state index in [2.05, 4.69) is 0 Å². The molecule has 1 heterocycles. The van der Waals surface area contributed by atoms with Crippen LogP contribution in [0.4, 0.5) is 0 Å². The van der Waals surface area contributed by atoms with Gasteiger partial charge in [-0.05, 0) is 37.6 Å². The Kier molecular flexibility index (Phi) is 4.88. The normalized spacial score (nSPS) is 20.7. The molecule has 1 fully saturated rings. The van der Waals surface area contributed by atoms with E-state index < -0.39 is 0 Å². The molecule has 0 radical (unpaired) electrons. The molecule has 25 heavy (non-hydrogen) atoms. The first-order valence-corrected chi connectivity index (χ1v) is 8.82. The number of benzene rings is 2. The van der Waals surface area contributed by atoms with Crippen molar-refractivity contribution in [3.63, 3.8) is 0 Å². The Labute approximate surface area is 148 Å². The van der Waals surface area contributed by atoms with E-state index in [9.17, 15) is 9.59 Å². The van der Waals surface area contributed by atoms with Crippen molar-refractivity contribution in [1.29, 1.82) is 0 Å². The van der Waals surface area contributed by atoms with Crippen molar-refractivity contribution in [2.45, 2.75) is 33.3 Å². The number of carbonyl (C=O) groups is 2. The summed E-state index contributed by atoms with van der Waals surface area (Å²) in [6.07, 6.45) is 0.961. The fourth-order valence-corrected chi connectivity index (χ4v) is 2.99. The molecule has 1 saturated carbocycles. The van der Waals surface area contributed by atoms with Gasteiger partial charge in [0.25, 0.3) is 11.8 Å². The summed E-state index contributed by atoms with van der Waals surface area (Å²) in [4.78, 5) is 26.0. The number of rotatable bonds is 4. The molecule has 2 unspecified atom stereocenters. The Bertz CT molecular complexity index is 747. The van der Waals surface area contributed by atoms with Crippen molar-refractivity contribution >= 4 is 11.8 Å². The summed E-state index contributed by atoms with van der Waals surface area (Å²) in [6.45, 7) is 6.47. The van der Waals surface area contributed by atoms with Gasteiger partial charge >= 0.3 is 0 Å². The lowest BCUT2D eigenvalue weighted by atomic mass is 10.1. The molecule has 4 rings (SSSR count). The Hall–Kier alpha value is -2.62. The van der Waals surface area contributed by atoms with Gasteiger partial charge < -0.3 is 4.74 Å². The van der Waals surface area contributed by atoms with Crippen LogP contribution in [0, 0.1) is 12.8 Å². The molecule has 1 aliphatic carbocycles. The van der Waals surface area contributed by atoms with Gasteiger partial charge in [-0.2, -0.15) is 0 Å². The maximum atomic E-state index is 12.3. The summed E-state index contributed by atoms with van der Waals surface area (Å²) < 4.78 is 5.90. The smallest absolute Gasteiger partial charge is 0.261 e. The van der Waals surface area contributed by atoms with E-state index in [0.717, 1.165) is 12.2 Å². The largest absolute Gasteiger partial charge is 0.490 e. The van der Waals surface area contributed by atoms with E-state index in [-0.39, 0.29) is 23.8 Å². The van der Waals surface area contributed by atoms with Crippen molar-refractivity contribution in [2.24, 2.45) is 5.92 Å². The van der Waals surface area contributed by atoms with Crippen LogP contribution in [0.5, 0.6) is 5.75 Å². The molecule has 2 aromatic rings. The lowest BCUT2D eigenvalue weighted by Crippen LogP contribution is -2.32. The highest BCUT2D eigenvalue weighted by Gasteiger charge is 2.45. The van der Waals surface area contributed by atoms with Gasteiger partial charge in [0.15, 0.2) is 0 Å². The number of hydrogen-bond donors (Lipinski definition) is 0. The van der Waals surface area contributed by atoms with E-state index in [0.29, 0.717) is 17.7 Å². The Morgan fingerprint density at radius 1 is 0.960 bits per heavy atom. The summed E-state index contributed by atoms with van der Waals surface area (Å²) in [5, 5.41) is 0. The fourth-order valence-electron chi connectivity index (χ4n) is 2.99. The van der Waals surface area contributed by atoms with Gasteiger partial charge in [0.05, 0.1) is 11.1 Å². The second kappa shape index (κ2) is 7.09. The van der Waals surface area contributed by atoms with Crippen molar-refractivity contribution in [2.75, 3.05) is 6.54 Å². The van der Waals surface area contributed by atoms with Crippen LogP contribution in [-0.2, 0) is 0 Å². The number of ether oxygens (including phenoxy) is 1. The first-order valence-electron chi connectivity index (χ1n) is 8.82. The summed E-state index contributed by atoms with van der Waals surface area (Å²) in [5.41, 5.74) is 2.21. The molecule has 0 N–H and O–H groups in total. The summed E-state index contributed by atoms with van der Waals surface area (Å²) in [5.74, 6) is 0.683. The van der Waals surface area contributed by atoms with E-state index in [1.54, 1.807) is 24.3 Å². The molecule has 0 spiro atoms. The predicted molar refractivity (Wildman–Crippen MR) is 96.9 cm³/mol.